The monoisotopic (exact) mass is 223 g/mol. The molecule has 0 bridgehead atoms. The van der Waals surface area contributed by atoms with Crippen LogP contribution < -0.4 is 0 Å². The highest BCUT2D eigenvalue weighted by Gasteiger charge is 2.07. The van der Waals surface area contributed by atoms with E-state index in [1.807, 2.05) is 25.1 Å². The number of hydrogen-bond donors (Lipinski definition) is 1. The van der Waals surface area contributed by atoms with Gasteiger partial charge in [0.15, 0.2) is 0 Å². The van der Waals surface area contributed by atoms with Crippen LogP contribution in [0.2, 0.25) is 0 Å². The van der Waals surface area contributed by atoms with Gasteiger partial charge in [0.25, 0.3) is 0 Å². The Kier molecular flexibility index (Phi) is 2.18. The van der Waals surface area contributed by atoms with Gasteiger partial charge in [0, 0.05) is 17.5 Å². The van der Waals surface area contributed by atoms with Crippen LogP contribution in [0.25, 0.3) is 22.4 Å². The molecule has 3 aromatic rings. The number of pyridine rings is 1. The van der Waals surface area contributed by atoms with Crippen molar-refractivity contribution in [2.45, 2.75) is 13.8 Å². The van der Waals surface area contributed by atoms with Gasteiger partial charge < -0.3 is 4.98 Å². The topological polar surface area (TPSA) is 41.6 Å². The first-order valence-corrected chi connectivity index (χ1v) is 5.62. The minimum absolute atomic E-state index is 0.885. The molecule has 0 aliphatic heterocycles. The van der Waals surface area contributed by atoms with Gasteiger partial charge in [-0.15, -0.1) is 0 Å². The lowest BCUT2D eigenvalue weighted by Crippen LogP contribution is -1.87. The molecule has 2 heterocycles. The van der Waals surface area contributed by atoms with Crippen LogP contribution in [-0.2, 0) is 0 Å². The van der Waals surface area contributed by atoms with Gasteiger partial charge >= 0.3 is 0 Å². The SMILES string of the molecule is Cc1ccc2nc(-c3cccnc3C)[nH]c2c1. The lowest BCUT2D eigenvalue weighted by molar-refractivity contribution is 1.18. The van der Waals surface area contributed by atoms with Crippen LogP contribution in [0.1, 0.15) is 11.3 Å². The van der Waals surface area contributed by atoms with Crippen LogP contribution >= 0.6 is 0 Å². The summed E-state index contributed by atoms with van der Waals surface area (Å²) < 4.78 is 0. The fraction of sp³-hybridized carbons (Fsp3) is 0.143. The summed E-state index contributed by atoms with van der Waals surface area (Å²) in [5.41, 5.74) is 5.34. The van der Waals surface area contributed by atoms with E-state index in [0.29, 0.717) is 0 Å². The number of hydrogen-bond acceptors (Lipinski definition) is 2. The Hall–Kier alpha value is -2.16. The Morgan fingerprint density at radius 3 is 2.82 bits per heavy atom. The van der Waals surface area contributed by atoms with Gasteiger partial charge in [-0.2, -0.15) is 0 Å². The van der Waals surface area contributed by atoms with Crippen molar-refractivity contribution in [1.82, 2.24) is 15.0 Å². The molecule has 0 saturated heterocycles. The largest absolute Gasteiger partial charge is 0.338 e. The van der Waals surface area contributed by atoms with Crippen LogP contribution in [0, 0.1) is 13.8 Å². The summed E-state index contributed by atoms with van der Waals surface area (Å²) in [6.07, 6.45) is 1.80. The van der Waals surface area contributed by atoms with Gasteiger partial charge in [0.05, 0.1) is 11.0 Å². The van der Waals surface area contributed by atoms with Gasteiger partial charge in [-0.3, -0.25) is 4.98 Å². The average Bonchev–Trinajstić information content (AvgIpc) is 2.72. The fourth-order valence-electron chi connectivity index (χ4n) is 1.99. The van der Waals surface area contributed by atoms with Crippen molar-refractivity contribution in [2.24, 2.45) is 0 Å². The van der Waals surface area contributed by atoms with Gasteiger partial charge in [0.1, 0.15) is 5.82 Å². The molecule has 0 atom stereocenters. The summed E-state index contributed by atoms with van der Waals surface area (Å²) in [6, 6.07) is 10.2. The number of fused-ring (bicyclic) bond motifs is 1. The minimum atomic E-state index is 0.885. The molecule has 2 aromatic heterocycles. The molecule has 0 aliphatic carbocycles. The molecule has 3 rings (SSSR count). The van der Waals surface area contributed by atoms with E-state index in [4.69, 9.17) is 0 Å². The second kappa shape index (κ2) is 3.70. The maximum atomic E-state index is 4.59. The molecule has 1 N–H and O–H groups in total. The molecule has 0 saturated carbocycles. The quantitative estimate of drug-likeness (QED) is 0.688. The number of nitrogens with one attached hydrogen (secondary N) is 1. The molecule has 0 fully saturated rings. The first kappa shape index (κ1) is 10.0. The van der Waals surface area contributed by atoms with E-state index in [0.717, 1.165) is 28.1 Å². The summed E-state index contributed by atoms with van der Waals surface area (Å²) in [4.78, 5) is 12.2. The number of H-pyrrole nitrogens is 1. The van der Waals surface area contributed by atoms with Crippen molar-refractivity contribution in [3.63, 3.8) is 0 Å². The average molecular weight is 223 g/mol. The zero-order valence-corrected chi connectivity index (χ0v) is 9.86. The van der Waals surface area contributed by atoms with Crippen LogP contribution in [0.15, 0.2) is 36.5 Å². The van der Waals surface area contributed by atoms with E-state index in [9.17, 15) is 0 Å². The Labute approximate surface area is 99.5 Å². The Balaban J connectivity index is 2.22. The predicted octanol–water partition coefficient (Wildman–Crippen LogP) is 3.24. The lowest BCUT2D eigenvalue weighted by Gasteiger charge is -1.99. The first-order valence-electron chi connectivity index (χ1n) is 5.62. The van der Waals surface area contributed by atoms with E-state index in [2.05, 4.69) is 34.0 Å². The number of aromatic amines is 1. The standard InChI is InChI=1S/C14H13N3/c1-9-5-6-12-13(8-9)17-14(16-12)11-4-3-7-15-10(11)2/h3-8H,1-2H3,(H,16,17). The van der Waals surface area contributed by atoms with Crippen molar-refractivity contribution in [3.05, 3.63) is 47.8 Å². The third-order valence-corrected chi connectivity index (χ3v) is 2.90. The molecular weight excluding hydrogens is 210 g/mol. The molecule has 0 spiro atoms. The van der Waals surface area contributed by atoms with Crippen LogP contribution in [0.4, 0.5) is 0 Å². The van der Waals surface area contributed by atoms with Gasteiger partial charge in [0.2, 0.25) is 0 Å². The van der Waals surface area contributed by atoms with Crippen molar-refractivity contribution in [3.8, 4) is 11.4 Å². The molecule has 0 aliphatic rings. The van der Waals surface area contributed by atoms with Crippen LogP contribution in [0.3, 0.4) is 0 Å². The third kappa shape index (κ3) is 1.69. The van der Waals surface area contributed by atoms with Crippen molar-refractivity contribution in [2.75, 3.05) is 0 Å². The van der Waals surface area contributed by atoms with Crippen LogP contribution in [0.5, 0.6) is 0 Å². The number of aromatic nitrogens is 3. The van der Waals surface area contributed by atoms with E-state index in [1.54, 1.807) is 6.20 Å². The minimum Gasteiger partial charge on any atom is -0.338 e. The third-order valence-electron chi connectivity index (χ3n) is 2.90. The van der Waals surface area contributed by atoms with Gasteiger partial charge in [-0.05, 0) is 43.7 Å². The smallest absolute Gasteiger partial charge is 0.140 e. The summed E-state index contributed by atoms with van der Waals surface area (Å²) in [5, 5.41) is 0. The molecule has 0 radical (unpaired) electrons. The second-order valence-electron chi connectivity index (χ2n) is 4.24. The summed E-state index contributed by atoms with van der Waals surface area (Å²) >= 11 is 0. The fourth-order valence-corrected chi connectivity index (χ4v) is 1.99. The molecular formula is C14H13N3. The predicted molar refractivity (Wildman–Crippen MR) is 68.8 cm³/mol. The zero-order chi connectivity index (χ0) is 11.8. The first-order chi connectivity index (χ1) is 8.24. The molecule has 0 amide bonds. The van der Waals surface area contributed by atoms with Gasteiger partial charge in [-0.25, -0.2) is 4.98 Å². The molecule has 84 valence electrons. The summed E-state index contributed by atoms with van der Waals surface area (Å²) in [6.45, 7) is 4.07. The van der Waals surface area contributed by atoms with E-state index in [-0.39, 0.29) is 0 Å². The van der Waals surface area contributed by atoms with Gasteiger partial charge in [-0.1, -0.05) is 6.07 Å². The molecule has 0 unspecified atom stereocenters. The maximum absolute atomic E-state index is 4.59. The van der Waals surface area contributed by atoms with Crippen LogP contribution in [-0.4, -0.2) is 15.0 Å². The molecule has 1 aromatic carbocycles. The normalized spacial score (nSPS) is 10.9. The molecule has 3 nitrogen and oxygen atoms in total. The Morgan fingerprint density at radius 1 is 1.12 bits per heavy atom. The number of imidazole rings is 1. The number of rotatable bonds is 1. The van der Waals surface area contributed by atoms with E-state index < -0.39 is 0 Å². The Morgan fingerprint density at radius 2 is 2.00 bits per heavy atom. The van der Waals surface area contributed by atoms with E-state index >= 15 is 0 Å². The number of aryl methyl sites for hydroxylation is 2. The summed E-state index contributed by atoms with van der Waals surface area (Å²) in [7, 11) is 0. The lowest BCUT2D eigenvalue weighted by atomic mass is 10.2. The second-order valence-corrected chi connectivity index (χ2v) is 4.24. The van der Waals surface area contributed by atoms with Crippen molar-refractivity contribution < 1.29 is 0 Å². The highest BCUT2D eigenvalue weighted by molar-refractivity contribution is 5.80. The van der Waals surface area contributed by atoms with E-state index in [1.165, 1.54) is 5.56 Å². The summed E-state index contributed by atoms with van der Waals surface area (Å²) in [5.74, 6) is 0.885. The number of benzene rings is 1. The Bertz CT molecular complexity index is 683. The molecule has 17 heavy (non-hydrogen) atoms. The maximum Gasteiger partial charge on any atom is 0.140 e. The number of nitrogens with zero attached hydrogens (tertiary/aromatic N) is 2. The zero-order valence-electron chi connectivity index (χ0n) is 9.86. The molecule has 3 heteroatoms. The highest BCUT2D eigenvalue weighted by Crippen LogP contribution is 2.22. The highest BCUT2D eigenvalue weighted by atomic mass is 14.9. The van der Waals surface area contributed by atoms with Crippen molar-refractivity contribution >= 4 is 11.0 Å². The van der Waals surface area contributed by atoms with Crippen molar-refractivity contribution in [1.29, 1.82) is 0 Å².